The molecule has 0 aromatic heterocycles. The standard InChI is InChI=1S/C20H17ClF3N3O4/c21-16-6-3-14(20(22,23)24)11-17(16)25-18(28)12-7-9-26(10-8-12)19(29)13-1-4-15(5-2-13)27(30)31/h1-6,11-12H,7-10H2,(H,25,28). The highest BCUT2D eigenvalue weighted by molar-refractivity contribution is 6.33. The zero-order valence-electron chi connectivity index (χ0n) is 16.0. The van der Waals surface area contributed by atoms with Crippen molar-refractivity contribution in [2.24, 2.45) is 5.92 Å². The summed E-state index contributed by atoms with van der Waals surface area (Å²) in [5.74, 6) is -1.27. The maximum absolute atomic E-state index is 12.9. The molecule has 0 unspecified atom stereocenters. The van der Waals surface area contributed by atoms with Crippen LogP contribution < -0.4 is 5.32 Å². The molecule has 2 aromatic carbocycles. The van der Waals surface area contributed by atoms with E-state index in [1.807, 2.05) is 0 Å². The van der Waals surface area contributed by atoms with Crippen LogP contribution >= 0.6 is 11.6 Å². The van der Waals surface area contributed by atoms with Gasteiger partial charge in [-0.05, 0) is 43.2 Å². The molecule has 0 bridgehead atoms. The summed E-state index contributed by atoms with van der Waals surface area (Å²) in [6.45, 7) is 0.536. The Bertz CT molecular complexity index is 1000. The third kappa shape index (κ3) is 5.32. The van der Waals surface area contributed by atoms with E-state index in [4.69, 9.17) is 11.6 Å². The number of carbonyl (C=O) groups excluding carboxylic acids is 2. The largest absolute Gasteiger partial charge is 0.416 e. The first-order valence-corrected chi connectivity index (χ1v) is 9.65. The Kier molecular flexibility index (Phi) is 6.49. The Morgan fingerprint density at radius 2 is 1.71 bits per heavy atom. The fraction of sp³-hybridized carbons (Fsp3) is 0.300. The highest BCUT2D eigenvalue weighted by atomic mass is 35.5. The van der Waals surface area contributed by atoms with Gasteiger partial charge >= 0.3 is 6.18 Å². The molecule has 1 N–H and O–H groups in total. The molecule has 1 heterocycles. The number of anilines is 1. The zero-order valence-corrected chi connectivity index (χ0v) is 16.7. The smallest absolute Gasteiger partial charge is 0.339 e. The van der Waals surface area contributed by atoms with Gasteiger partial charge in [-0.2, -0.15) is 13.2 Å². The molecule has 164 valence electrons. The first kappa shape index (κ1) is 22.5. The quantitative estimate of drug-likeness (QED) is 0.531. The van der Waals surface area contributed by atoms with Crippen LogP contribution in [0.4, 0.5) is 24.5 Å². The van der Waals surface area contributed by atoms with Crippen LogP contribution in [0.3, 0.4) is 0 Å². The van der Waals surface area contributed by atoms with Gasteiger partial charge in [0, 0.05) is 36.7 Å². The SMILES string of the molecule is O=C(Nc1cc(C(F)(F)F)ccc1Cl)C1CCN(C(=O)c2ccc([N+](=O)[O-])cc2)CC1. The van der Waals surface area contributed by atoms with E-state index in [2.05, 4.69) is 5.32 Å². The van der Waals surface area contributed by atoms with Crippen LogP contribution in [0.5, 0.6) is 0 Å². The van der Waals surface area contributed by atoms with Crippen LogP contribution in [0.2, 0.25) is 5.02 Å². The van der Waals surface area contributed by atoms with Crippen molar-refractivity contribution in [1.82, 2.24) is 4.90 Å². The second-order valence-corrected chi connectivity index (χ2v) is 7.46. The van der Waals surface area contributed by atoms with E-state index in [1.165, 1.54) is 29.2 Å². The van der Waals surface area contributed by atoms with Crippen molar-refractivity contribution in [2.75, 3.05) is 18.4 Å². The van der Waals surface area contributed by atoms with Crippen molar-refractivity contribution < 1.29 is 27.7 Å². The number of nitro benzene ring substituents is 1. The fourth-order valence-corrected chi connectivity index (χ4v) is 3.45. The summed E-state index contributed by atoms with van der Waals surface area (Å²) >= 11 is 5.92. The molecular formula is C20H17ClF3N3O4. The molecule has 3 rings (SSSR count). The predicted octanol–water partition coefficient (Wildman–Crippen LogP) is 4.76. The minimum Gasteiger partial charge on any atom is -0.339 e. The number of hydrogen-bond acceptors (Lipinski definition) is 4. The molecule has 0 saturated carbocycles. The second kappa shape index (κ2) is 8.93. The monoisotopic (exact) mass is 455 g/mol. The number of benzene rings is 2. The van der Waals surface area contributed by atoms with E-state index in [0.717, 1.165) is 18.2 Å². The van der Waals surface area contributed by atoms with E-state index in [1.54, 1.807) is 0 Å². The minimum absolute atomic E-state index is 0.00728. The summed E-state index contributed by atoms with van der Waals surface area (Å²) in [7, 11) is 0. The zero-order chi connectivity index (χ0) is 22.8. The second-order valence-electron chi connectivity index (χ2n) is 7.05. The van der Waals surface area contributed by atoms with Crippen molar-refractivity contribution in [2.45, 2.75) is 19.0 Å². The minimum atomic E-state index is -4.56. The maximum Gasteiger partial charge on any atom is 0.416 e. The highest BCUT2D eigenvalue weighted by Gasteiger charge is 2.32. The number of nitrogens with zero attached hydrogens (tertiary/aromatic N) is 2. The Morgan fingerprint density at radius 1 is 1.10 bits per heavy atom. The number of alkyl halides is 3. The number of hydrogen-bond donors (Lipinski definition) is 1. The van der Waals surface area contributed by atoms with Gasteiger partial charge in [-0.1, -0.05) is 11.6 Å². The van der Waals surface area contributed by atoms with Crippen molar-refractivity contribution >= 4 is 34.8 Å². The number of non-ortho nitro benzene ring substituents is 1. The number of halogens is 4. The number of piperidine rings is 1. The number of carbonyl (C=O) groups is 2. The van der Waals surface area contributed by atoms with Gasteiger partial charge in [0.25, 0.3) is 11.6 Å². The molecule has 0 aliphatic carbocycles. The topological polar surface area (TPSA) is 92.6 Å². The number of rotatable bonds is 4. The average Bonchev–Trinajstić information content (AvgIpc) is 2.74. The van der Waals surface area contributed by atoms with Gasteiger partial charge in [-0.25, -0.2) is 0 Å². The third-order valence-corrected chi connectivity index (χ3v) is 5.36. The van der Waals surface area contributed by atoms with Crippen molar-refractivity contribution in [3.8, 4) is 0 Å². The molecule has 31 heavy (non-hydrogen) atoms. The summed E-state index contributed by atoms with van der Waals surface area (Å²) < 4.78 is 38.7. The van der Waals surface area contributed by atoms with E-state index < -0.39 is 28.5 Å². The van der Waals surface area contributed by atoms with Crippen LogP contribution in [0, 0.1) is 16.0 Å². The lowest BCUT2D eigenvalue weighted by Gasteiger charge is -2.31. The van der Waals surface area contributed by atoms with E-state index >= 15 is 0 Å². The molecule has 0 spiro atoms. The molecule has 2 amide bonds. The summed E-state index contributed by atoms with van der Waals surface area (Å²) in [6.07, 6.45) is -3.92. The fourth-order valence-electron chi connectivity index (χ4n) is 3.29. The Labute approximate surface area is 179 Å². The summed E-state index contributed by atoms with van der Waals surface area (Å²) in [5, 5.41) is 13.2. The number of amides is 2. The molecule has 7 nitrogen and oxygen atoms in total. The lowest BCUT2D eigenvalue weighted by Crippen LogP contribution is -2.41. The van der Waals surface area contributed by atoms with Gasteiger partial charge in [0.05, 0.1) is 21.2 Å². The van der Waals surface area contributed by atoms with Crippen LogP contribution in [0.15, 0.2) is 42.5 Å². The van der Waals surface area contributed by atoms with Gasteiger partial charge < -0.3 is 10.2 Å². The van der Waals surface area contributed by atoms with Crippen LogP contribution in [-0.2, 0) is 11.0 Å². The molecule has 1 aliphatic rings. The number of likely N-dealkylation sites (tertiary alicyclic amines) is 1. The Morgan fingerprint density at radius 3 is 2.26 bits per heavy atom. The molecule has 11 heteroatoms. The van der Waals surface area contributed by atoms with Crippen LogP contribution in [-0.4, -0.2) is 34.7 Å². The normalized spacial score (nSPS) is 14.9. The first-order chi connectivity index (χ1) is 14.6. The highest BCUT2D eigenvalue weighted by Crippen LogP contribution is 2.34. The van der Waals surface area contributed by atoms with Gasteiger partial charge in [0.2, 0.25) is 5.91 Å². The molecule has 1 fully saturated rings. The summed E-state index contributed by atoms with van der Waals surface area (Å²) in [5.41, 5.74) is -0.869. The predicted molar refractivity (Wildman–Crippen MR) is 107 cm³/mol. The van der Waals surface area contributed by atoms with Gasteiger partial charge in [-0.3, -0.25) is 19.7 Å². The first-order valence-electron chi connectivity index (χ1n) is 9.27. The van der Waals surface area contributed by atoms with E-state index in [-0.39, 0.29) is 35.4 Å². The molecule has 1 saturated heterocycles. The van der Waals surface area contributed by atoms with Crippen LogP contribution in [0.1, 0.15) is 28.8 Å². The Hall–Kier alpha value is -3.14. The number of nitro groups is 1. The lowest BCUT2D eigenvalue weighted by atomic mass is 9.95. The molecule has 0 radical (unpaired) electrons. The molecule has 0 atom stereocenters. The van der Waals surface area contributed by atoms with Crippen molar-refractivity contribution in [3.05, 3.63) is 68.7 Å². The van der Waals surface area contributed by atoms with E-state index in [0.29, 0.717) is 18.4 Å². The van der Waals surface area contributed by atoms with Crippen molar-refractivity contribution in [3.63, 3.8) is 0 Å². The molecule has 2 aromatic rings. The third-order valence-electron chi connectivity index (χ3n) is 5.03. The number of nitrogens with one attached hydrogen (secondary N) is 1. The summed E-state index contributed by atoms with van der Waals surface area (Å²) in [6, 6.07) is 7.92. The maximum atomic E-state index is 12.9. The van der Waals surface area contributed by atoms with Crippen LogP contribution in [0.25, 0.3) is 0 Å². The van der Waals surface area contributed by atoms with E-state index in [9.17, 15) is 32.9 Å². The van der Waals surface area contributed by atoms with Gasteiger partial charge in [0.15, 0.2) is 0 Å². The summed E-state index contributed by atoms with van der Waals surface area (Å²) in [4.78, 5) is 36.7. The Balaban J connectivity index is 1.60. The molecular weight excluding hydrogens is 439 g/mol. The van der Waals surface area contributed by atoms with Crippen molar-refractivity contribution in [1.29, 1.82) is 0 Å². The van der Waals surface area contributed by atoms with Gasteiger partial charge in [0.1, 0.15) is 0 Å². The average molecular weight is 456 g/mol. The molecule has 1 aliphatic heterocycles. The lowest BCUT2D eigenvalue weighted by molar-refractivity contribution is -0.384. The van der Waals surface area contributed by atoms with Gasteiger partial charge in [-0.15, -0.1) is 0 Å².